The molecule has 6 rings (SSSR count). The SMILES string of the molecule is C.C.C.C.C.C.CC(O)COC(=O)C1CC2CC1C(C)C2C.CC1C(=O)OC(=O)C1C.CCC1(OC(=O)C2CC3CC2C(C)C3C)CCCCC1. The van der Waals surface area contributed by atoms with Crippen LogP contribution in [0.25, 0.3) is 0 Å². The van der Waals surface area contributed by atoms with Crippen LogP contribution in [0, 0.1) is 71.0 Å². The second kappa shape index (κ2) is 22.3. The van der Waals surface area contributed by atoms with Crippen LogP contribution < -0.4 is 0 Å². The first kappa shape index (κ1) is 53.4. The van der Waals surface area contributed by atoms with Gasteiger partial charge in [-0.2, -0.15) is 0 Å². The fraction of sp³-hybridized carbons (Fsp3) is 0.907. The van der Waals surface area contributed by atoms with Gasteiger partial charge in [0.2, 0.25) is 0 Å². The predicted octanol–water partition coefficient (Wildman–Crippen LogP) is 10.6. The highest BCUT2D eigenvalue weighted by molar-refractivity contribution is 5.95. The summed E-state index contributed by atoms with van der Waals surface area (Å²) in [6, 6.07) is 0. The van der Waals surface area contributed by atoms with Crippen molar-refractivity contribution < 1.29 is 38.5 Å². The lowest BCUT2D eigenvalue weighted by molar-refractivity contribution is -0.172. The zero-order valence-corrected chi connectivity index (χ0v) is 29.1. The minimum atomic E-state index is -0.557. The minimum Gasteiger partial charge on any atom is -0.463 e. The molecule has 0 radical (unpaired) electrons. The lowest BCUT2D eigenvalue weighted by Gasteiger charge is -2.38. The summed E-state index contributed by atoms with van der Waals surface area (Å²) in [7, 11) is 0. The van der Waals surface area contributed by atoms with Crippen molar-refractivity contribution in [3.63, 3.8) is 0 Å². The van der Waals surface area contributed by atoms with Gasteiger partial charge in [0.15, 0.2) is 0 Å². The van der Waals surface area contributed by atoms with Crippen molar-refractivity contribution >= 4 is 23.9 Å². The van der Waals surface area contributed by atoms with E-state index in [1.165, 1.54) is 32.1 Å². The Kier molecular flexibility index (Phi) is 23.3. The molecule has 0 spiro atoms. The Labute approximate surface area is 315 Å². The van der Waals surface area contributed by atoms with Crippen molar-refractivity contribution in [2.24, 2.45) is 71.0 Å². The largest absolute Gasteiger partial charge is 0.463 e. The fourth-order valence-electron chi connectivity index (χ4n) is 9.44. The summed E-state index contributed by atoms with van der Waals surface area (Å²) >= 11 is 0. The standard InChI is InChI=1S/C18H30O2.C13H22O3.C6H8O3.6CH4/c1-4-18(8-6-5-7-9-18)20-17(19)16-11-14-10-15(16)13(3)12(14)2;1-7(14)6-16-13(15)12-5-10-4-11(12)9(3)8(10)2;1-3-4(2)6(8)9-5(3)7;;;;;;/h12-16H,4-11H2,1-3H3;7-12,14H,4-6H2,1-3H3;3-4H,1-2H3;6*1H4. The summed E-state index contributed by atoms with van der Waals surface area (Å²) in [5, 5.41) is 9.09. The average Bonchev–Trinajstić information content (AvgIpc) is 3.82. The number of fused-ring (bicyclic) bond motifs is 4. The van der Waals surface area contributed by atoms with Crippen LogP contribution in [-0.2, 0) is 33.4 Å². The Bertz CT molecular complexity index is 1040. The molecule has 6 fully saturated rings. The van der Waals surface area contributed by atoms with Crippen LogP contribution >= 0.6 is 0 Å². The van der Waals surface area contributed by atoms with Gasteiger partial charge < -0.3 is 19.3 Å². The van der Waals surface area contributed by atoms with E-state index in [1.54, 1.807) is 20.8 Å². The Morgan fingerprint density at radius 1 is 0.706 bits per heavy atom. The molecule has 1 saturated heterocycles. The molecule has 0 aromatic carbocycles. The summed E-state index contributed by atoms with van der Waals surface area (Å²) in [6.07, 6.45) is 10.9. The first-order valence-electron chi connectivity index (χ1n) is 18.0. The van der Waals surface area contributed by atoms with Gasteiger partial charge in [-0.1, -0.05) is 99.4 Å². The third-order valence-electron chi connectivity index (χ3n) is 13.3. The van der Waals surface area contributed by atoms with E-state index in [0.29, 0.717) is 29.6 Å². The molecule has 1 heterocycles. The van der Waals surface area contributed by atoms with Crippen LogP contribution in [-0.4, -0.2) is 47.3 Å². The molecule has 6 aliphatic rings. The lowest BCUT2D eigenvalue weighted by atomic mass is 9.75. The number of esters is 4. The Morgan fingerprint density at radius 2 is 1.12 bits per heavy atom. The lowest BCUT2D eigenvalue weighted by Crippen LogP contribution is -2.40. The third-order valence-corrected chi connectivity index (χ3v) is 13.3. The number of aliphatic hydroxyl groups is 1. The highest BCUT2D eigenvalue weighted by Gasteiger charge is 2.53. The van der Waals surface area contributed by atoms with Crippen LogP contribution in [0.4, 0.5) is 0 Å². The number of hydrogen-bond donors (Lipinski definition) is 1. The molecule has 1 N–H and O–H groups in total. The Balaban J connectivity index is -0.000000677. The van der Waals surface area contributed by atoms with Gasteiger partial charge in [-0.15, -0.1) is 0 Å². The van der Waals surface area contributed by atoms with Crippen molar-refractivity contribution in [1.29, 1.82) is 0 Å². The number of cyclic esters (lactones) is 2. The molecule has 5 saturated carbocycles. The van der Waals surface area contributed by atoms with E-state index in [-0.39, 0.29) is 92.4 Å². The van der Waals surface area contributed by atoms with Gasteiger partial charge >= 0.3 is 23.9 Å². The third kappa shape index (κ3) is 11.8. The molecule has 4 bridgehead atoms. The van der Waals surface area contributed by atoms with Crippen LogP contribution in [0.15, 0.2) is 0 Å². The molecule has 1 aliphatic heterocycles. The molecule has 13 atom stereocenters. The number of hydrogen-bond acceptors (Lipinski definition) is 8. The highest BCUT2D eigenvalue weighted by Crippen LogP contribution is 2.56. The smallest absolute Gasteiger partial charge is 0.317 e. The molecular weight excluding hydrogens is 644 g/mol. The molecule has 5 aliphatic carbocycles. The quantitative estimate of drug-likeness (QED) is 0.163. The van der Waals surface area contributed by atoms with Crippen molar-refractivity contribution in [2.45, 2.75) is 176 Å². The molecule has 51 heavy (non-hydrogen) atoms. The molecular formula is C43H84O8. The fourth-order valence-corrected chi connectivity index (χ4v) is 9.44. The molecule has 8 nitrogen and oxygen atoms in total. The van der Waals surface area contributed by atoms with Gasteiger partial charge in [-0.3, -0.25) is 19.2 Å². The number of carbonyl (C=O) groups is 4. The monoisotopic (exact) mass is 729 g/mol. The van der Waals surface area contributed by atoms with Crippen molar-refractivity contribution in [3.05, 3.63) is 0 Å². The van der Waals surface area contributed by atoms with Gasteiger partial charge in [0.1, 0.15) is 12.2 Å². The molecule has 304 valence electrons. The molecule has 0 amide bonds. The first-order chi connectivity index (χ1) is 21.2. The maximum atomic E-state index is 12.7. The van der Waals surface area contributed by atoms with Crippen LogP contribution in [0.1, 0.15) is 164 Å². The summed E-state index contributed by atoms with van der Waals surface area (Å²) in [5.41, 5.74) is -0.119. The minimum absolute atomic E-state index is 0. The van der Waals surface area contributed by atoms with Crippen molar-refractivity contribution in [2.75, 3.05) is 6.61 Å². The number of ether oxygens (including phenoxy) is 3. The van der Waals surface area contributed by atoms with E-state index in [2.05, 4.69) is 39.4 Å². The number of rotatable bonds is 6. The Hall–Kier alpha value is -1.96. The van der Waals surface area contributed by atoms with Gasteiger partial charge in [0.25, 0.3) is 0 Å². The van der Waals surface area contributed by atoms with E-state index in [9.17, 15) is 19.2 Å². The average molecular weight is 729 g/mol. The number of carbonyl (C=O) groups excluding carboxylic acids is 4. The van der Waals surface area contributed by atoms with E-state index in [0.717, 1.165) is 49.9 Å². The van der Waals surface area contributed by atoms with Gasteiger partial charge in [-0.25, -0.2) is 0 Å². The zero-order valence-electron chi connectivity index (χ0n) is 29.1. The molecule has 0 aromatic heterocycles. The van der Waals surface area contributed by atoms with E-state index < -0.39 is 18.0 Å². The highest BCUT2D eigenvalue weighted by atomic mass is 16.6. The Morgan fingerprint density at radius 3 is 1.43 bits per heavy atom. The van der Waals surface area contributed by atoms with Crippen LogP contribution in [0.5, 0.6) is 0 Å². The maximum absolute atomic E-state index is 12.7. The van der Waals surface area contributed by atoms with Gasteiger partial charge in [0, 0.05) is 0 Å². The molecule has 0 aromatic rings. The van der Waals surface area contributed by atoms with Gasteiger partial charge in [0.05, 0.1) is 29.8 Å². The summed E-state index contributed by atoms with van der Waals surface area (Å²) < 4.78 is 15.6. The van der Waals surface area contributed by atoms with Crippen molar-refractivity contribution in [3.8, 4) is 0 Å². The summed E-state index contributed by atoms with van der Waals surface area (Å²) in [5.74, 6) is 4.55. The predicted molar refractivity (Wildman–Crippen MR) is 211 cm³/mol. The second-order valence-corrected chi connectivity index (χ2v) is 15.8. The van der Waals surface area contributed by atoms with E-state index >= 15 is 0 Å². The topological polar surface area (TPSA) is 116 Å². The van der Waals surface area contributed by atoms with Crippen LogP contribution in [0.3, 0.4) is 0 Å². The van der Waals surface area contributed by atoms with Crippen LogP contribution in [0.2, 0.25) is 0 Å². The van der Waals surface area contributed by atoms with Gasteiger partial charge in [-0.05, 0) is 112 Å². The van der Waals surface area contributed by atoms with E-state index in [1.807, 2.05) is 0 Å². The zero-order chi connectivity index (χ0) is 33.2. The van der Waals surface area contributed by atoms with E-state index in [4.69, 9.17) is 14.6 Å². The summed E-state index contributed by atoms with van der Waals surface area (Å²) in [6.45, 7) is 16.6. The number of aliphatic hydroxyl groups excluding tert-OH is 1. The first-order valence-corrected chi connectivity index (χ1v) is 18.0. The molecule has 13 unspecified atom stereocenters. The second-order valence-electron chi connectivity index (χ2n) is 15.8. The maximum Gasteiger partial charge on any atom is 0.317 e. The van der Waals surface area contributed by atoms with Crippen molar-refractivity contribution in [1.82, 2.24) is 0 Å². The normalized spacial score (nSPS) is 36.5. The summed E-state index contributed by atoms with van der Waals surface area (Å²) in [4.78, 5) is 45.7. The molecule has 8 heteroatoms.